The Morgan fingerprint density at radius 1 is 1.69 bits per heavy atom. The highest BCUT2D eigenvalue weighted by atomic mass is 16.5. The first kappa shape index (κ1) is 11.6. The van der Waals surface area contributed by atoms with Gasteiger partial charge in [-0.15, -0.1) is 0 Å². The van der Waals surface area contributed by atoms with E-state index in [4.69, 9.17) is 5.11 Å². The molecule has 13 heavy (non-hydrogen) atoms. The molecule has 0 spiro atoms. The molecule has 74 valence electrons. The maximum absolute atomic E-state index is 10.7. The Kier molecular flexibility index (Phi) is 5.54. The first-order valence-corrected chi connectivity index (χ1v) is 3.83. The van der Waals surface area contributed by atoms with Crippen LogP contribution in [-0.2, 0) is 14.3 Å². The maximum Gasteiger partial charge on any atom is 0.334 e. The van der Waals surface area contributed by atoms with Gasteiger partial charge in [0.15, 0.2) is 0 Å². The Morgan fingerprint density at radius 3 is 2.77 bits per heavy atom. The van der Waals surface area contributed by atoms with Crippen molar-refractivity contribution >= 4 is 11.9 Å². The number of aliphatic hydroxyl groups excluding tert-OH is 1. The number of carbonyl (C=O) groups is 2. The van der Waals surface area contributed by atoms with E-state index in [2.05, 4.69) is 16.6 Å². The third-order valence-electron chi connectivity index (χ3n) is 1.17. The summed E-state index contributed by atoms with van der Waals surface area (Å²) in [6.07, 6.45) is -0.00801. The van der Waals surface area contributed by atoms with Crippen LogP contribution in [-0.4, -0.2) is 36.2 Å². The highest BCUT2D eigenvalue weighted by molar-refractivity contribution is 5.86. The molecule has 0 radical (unpaired) electrons. The average molecular weight is 187 g/mol. The van der Waals surface area contributed by atoms with Crippen molar-refractivity contribution < 1.29 is 19.4 Å². The number of hydrogen-bond acceptors (Lipinski definition) is 4. The molecule has 0 aliphatic carbocycles. The van der Waals surface area contributed by atoms with Crippen molar-refractivity contribution in [3.8, 4) is 0 Å². The molecule has 1 amide bonds. The second-order valence-corrected chi connectivity index (χ2v) is 2.34. The van der Waals surface area contributed by atoms with E-state index in [-0.39, 0.29) is 19.1 Å². The summed E-state index contributed by atoms with van der Waals surface area (Å²) < 4.78 is 4.56. The molecule has 0 saturated heterocycles. The van der Waals surface area contributed by atoms with Gasteiger partial charge in [0, 0.05) is 0 Å². The summed E-state index contributed by atoms with van der Waals surface area (Å²) in [6.45, 7) is 4.81. The number of amides is 1. The predicted octanol–water partition coefficient (Wildman–Crippen LogP) is -0.787. The highest BCUT2D eigenvalue weighted by Crippen LogP contribution is 1.85. The summed E-state index contributed by atoms with van der Waals surface area (Å²) in [7, 11) is 0. The lowest BCUT2D eigenvalue weighted by Gasteiger charge is -2.06. The van der Waals surface area contributed by atoms with E-state index in [1.54, 1.807) is 0 Å². The van der Waals surface area contributed by atoms with Gasteiger partial charge >= 0.3 is 5.97 Å². The van der Waals surface area contributed by atoms with Crippen molar-refractivity contribution in [1.82, 2.24) is 5.32 Å². The molecule has 0 bridgehead atoms. The first-order valence-electron chi connectivity index (χ1n) is 3.83. The van der Waals surface area contributed by atoms with E-state index in [1.807, 2.05) is 0 Å². The Labute approximate surface area is 76.4 Å². The van der Waals surface area contributed by atoms with Crippen molar-refractivity contribution in [2.24, 2.45) is 0 Å². The maximum atomic E-state index is 10.7. The van der Waals surface area contributed by atoms with Crippen LogP contribution in [0.25, 0.3) is 0 Å². The van der Waals surface area contributed by atoms with Gasteiger partial charge in [-0.1, -0.05) is 6.58 Å². The number of esters is 1. The summed E-state index contributed by atoms with van der Waals surface area (Å²) in [5.74, 6) is -1.03. The van der Waals surface area contributed by atoms with E-state index in [0.29, 0.717) is 0 Å². The number of carbonyl (C=O) groups excluding carboxylic acids is 2. The minimum Gasteiger partial charge on any atom is -0.462 e. The van der Waals surface area contributed by atoms with Crippen molar-refractivity contribution in [2.75, 3.05) is 13.2 Å². The smallest absolute Gasteiger partial charge is 0.334 e. The molecule has 0 fully saturated rings. The second kappa shape index (κ2) is 6.19. The summed E-state index contributed by atoms with van der Waals surface area (Å²) in [6, 6.07) is 0. The zero-order valence-corrected chi connectivity index (χ0v) is 7.45. The third-order valence-corrected chi connectivity index (χ3v) is 1.17. The fraction of sp³-hybridized carbons (Fsp3) is 0.500. The Balaban J connectivity index is 3.41. The van der Waals surface area contributed by atoms with Crippen LogP contribution in [0.1, 0.15) is 6.92 Å². The second-order valence-electron chi connectivity index (χ2n) is 2.34. The number of aliphatic hydroxyl groups is 1. The summed E-state index contributed by atoms with van der Waals surface area (Å²) in [5, 5.41) is 11.1. The topological polar surface area (TPSA) is 75.6 Å². The molecule has 1 unspecified atom stereocenters. The van der Waals surface area contributed by atoms with Gasteiger partial charge in [-0.3, -0.25) is 4.79 Å². The Bertz CT molecular complexity index is 200. The largest absolute Gasteiger partial charge is 0.462 e. The molecule has 1 atom stereocenters. The molecule has 0 aromatic heterocycles. The van der Waals surface area contributed by atoms with Crippen LogP contribution in [0, 0.1) is 0 Å². The quantitative estimate of drug-likeness (QED) is 0.336. The van der Waals surface area contributed by atoms with E-state index < -0.39 is 12.1 Å². The molecule has 0 heterocycles. The molecular weight excluding hydrogens is 174 g/mol. The molecule has 0 aromatic rings. The molecular formula is C8H13NO4. The Morgan fingerprint density at radius 2 is 2.31 bits per heavy atom. The lowest BCUT2D eigenvalue weighted by Crippen LogP contribution is -2.28. The lowest BCUT2D eigenvalue weighted by atomic mass is 10.4. The summed E-state index contributed by atoms with van der Waals surface area (Å²) in [4.78, 5) is 21.2. The van der Waals surface area contributed by atoms with E-state index in [1.165, 1.54) is 6.92 Å². The summed E-state index contributed by atoms with van der Waals surface area (Å²) in [5.41, 5.74) is 0. The molecule has 0 saturated carbocycles. The lowest BCUT2D eigenvalue weighted by molar-refractivity contribution is -0.152. The van der Waals surface area contributed by atoms with Crippen molar-refractivity contribution in [2.45, 2.75) is 13.0 Å². The standard InChI is InChI=1S/C8H13NO4/c1-3-7(11)9-4-5-13-8(12)6(2)10/h3,6,10H,1,4-5H2,2H3,(H,9,11). The predicted molar refractivity (Wildman–Crippen MR) is 45.8 cm³/mol. The molecule has 5 heteroatoms. The monoisotopic (exact) mass is 187 g/mol. The van der Waals surface area contributed by atoms with Crippen LogP contribution >= 0.6 is 0 Å². The van der Waals surface area contributed by atoms with E-state index in [9.17, 15) is 9.59 Å². The fourth-order valence-electron chi connectivity index (χ4n) is 0.519. The van der Waals surface area contributed by atoms with Crippen LogP contribution in [0.3, 0.4) is 0 Å². The van der Waals surface area contributed by atoms with Gasteiger partial charge in [0.05, 0.1) is 6.54 Å². The van der Waals surface area contributed by atoms with Crippen LogP contribution in [0.4, 0.5) is 0 Å². The molecule has 0 aliphatic rings. The van der Waals surface area contributed by atoms with Gasteiger partial charge in [0.2, 0.25) is 5.91 Å². The number of rotatable bonds is 5. The molecule has 2 N–H and O–H groups in total. The third kappa shape index (κ3) is 5.86. The first-order chi connectivity index (χ1) is 6.07. The van der Waals surface area contributed by atoms with Gasteiger partial charge < -0.3 is 15.2 Å². The van der Waals surface area contributed by atoms with Crippen LogP contribution in [0.15, 0.2) is 12.7 Å². The van der Waals surface area contributed by atoms with E-state index in [0.717, 1.165) is 6.08 Å². The normalized spacial score (nSPS) is 11.5. The van der Waals surface area contributed by atoms with Crippen molar-refractivity contribution in [3.63, 3.8) is 0 Å². The van der Waals surface area contributed by atoms with Crippen molar-refractivity contribution in [3.05, 3.63) is 12.7 Å². The van der Waals surface area contributed by atoms with Crippen LogP contribution in [0.5, 0.6) is 0 Å². The van der Waals surface area contributed by atoms with Gasteiger partial charge in [-0.2, -0.15) is 0 Å². The van der Waals surface area contributed by atoms with E-state index >= 15 is 0 Å². The number of hydrogen-bond donors (Lipinski definition) is 2. The van der Waals surface area contributed by atoms with Gasteiger partial charge in [0.1, 0.15) is 12.7 Å². The highest BCUT2D eigenvalue weighted by Gasteiger charge is 2.08. The zero-order chi connectivity index (χ0) is 10.3. The minimum absolute atomic E-state index is 0.0450. The molecule has 0 rings (SSSR count). The van der Waals surface area contributed by atoms with Crippen LogP contribution < -0.4 is 5.32 Å². The SMILES string of the molecule is C=CC(=O)NCCOC(=O)C(C)O. The zero-order valence-electron chi connectivity index (χ0n) is 7.45. The van der Waals surface area contributed by atoms with Crippen LogP contribution in [0.2, 0.25) is 0 Å². The Hall–Kier alpha value is -1.36. The van der Waals surface area contributed by atoms with Gasteiger partial charge in [-0.25, -0.2) is 4.79 Å². The molecule has 0 aromatic carbocycles. The fourth-order valence-corrected chi connectivity index (χ4v) is 0.519. The summed E-state index contributed by atoms with van der Waals surface area (Å²) >= 11 is 0. The average Bonchev–Trinajstić information content (AvgIpc) is 2.11. The van der Waals surface area contributed by atoms with Gasteiger partial charge in [0.25, 0.3) is 0 Å². The molecule has 5 nitrogen and oxygen atoms in total. The number of nitrogens with one attached hydrogen (secondary N) is 1. The molecule has 0 aliphatic heterocycles. The number of ether oxygens (including phenoxy) is 1. The minimum atomic E-state index is -1.13. The van der Waals surface area contributed by atoms with Gasteiger partial charge in [-0.05, 0) is 13.0 Å². The van der Waals surface area contributed by atoms with Crippen molar-refractivity contribution in [1.29, 1.82) is 0 Å².